The molecule has 3 aliphatic rings. The molecular weight excluding hydrogens is 633 g/mol. The summed E-state index contributed by atoms with van der Waals surface area (Å²) in [5, 5.41) is 1.31. The lowest BCUT2D eigenvalue weighted by atomic mass is 9.95. The van der Waals surface area contributed by atoms with Crippen LogP contribution in [0, 0.1) is 24.0 Å². The molecule has 3 saturated heterocycles. The van der Waals surface area contributed by atoms with Gasteiger partial charge in [-0.1, -0.05) is 36.8 Å². The minimum absolute atomic E-state index is 0.00803. The Bertz CT molecular complexity index is 2000. The van der Waals surface area contributed by atoms with E-state index in [9.17, 15) is 13.6 Å². The lowest BCUT2D eigenvalue weighted by Crippen LogP contribution is -2.48. The Balaban J connectivity index is 1.36. The fraction of sp³-hybridized carbons (Fsp3) is 0.405. The highest BCUT2D eigenvalue weighted by molar-refractivity contribution is 6.02. The fourth-order valence-electron chi connectivity index (χ4n) is 8.09. The summed E-state index contributed by atoms with van der Waals surface area (Å²) in [7, 11) is 3.39. The van der Waals surface area contributed by atoms with Gasteiger partial charge in [0.15, 0.2) is 5.82 Å². The number of methoxy groups -OCH3 is 1. The number of terminal acetylenes is 1. The zero-order valence-electron chi connectivity index (χ0n) is 27.5. The summed E-state index contributed by atoms with van der Waals surface area (Å²) in [6.45, 7) is 5.66. The zero-order chi connectivity index (χ0) is 34.4. The van der Waals surface area contributed by atoms with Gasteiger partial charge in [-0.05, 0) is 43.3 Å². The largest absolute Gasteiger partial charge is 0.461 e. The van der Waals surface area contributed by atoms with Gasteiger partial charge in [0, 0.05) is 50.8 Å². The van der Waals surface area contributed by atoms with Gasteiger partial charge in [-0.15, -0.1) is 6.42 Å². The first-order chi connectivity index (χ1) is 23.7. The van der Waals surface area contributed by atoms with Crippen molar-refractivity contribution in [1.82, 2.24) is 24.8 Å². The number of carbonyl (C=O) groups is 1. The molecule has 0 saturated carbocycles. The molecule has 3 aliphatic heterocycles. The van der Waals surface area contributed by atoms with Crippen LogP contribution in [0.5, 0.6) is 6.01 Å². The molecule has 7 rings (SSSR count). The maximum Gasteiger partial charge on any atom is 0.319 e. The number of pyridine rings is 1. The van der Waals surface area contributed by atoms with Crippen LogP contribution in [-0.4, -0.2) is 101 Å². The van der Waals surface area contributed by atoms with E-state index in [2.05, 4.69) is 27.4 Å². The van der Waals surface area contributed by atoms with Gasteiger partial charge in [0.2, 0.25) is 5.91 Å². The van der Waals surface area contributed by atoms with Crippen molar-refractivity contribution < 1.29 is 27.4 Å². The second kappa shape index (κ2) is 12.9. The first-order valence-corrected chi connectivity index (χ1v) is 16.4. The number of amides is 1. The molecule has 0 spiro atoms. The molecule has 0 N–H and O–H groups in total. The third kappa shape index (κ3) is 5.55. The molecule has 0 aliphatic carbocycles. The molecule has 9 nitrogen and oxygen atoms in total. The van der Waals surface area contributed by atoms with Crippen molar-refractivity contribution in [2.45, 2.75) is 49.5 Å². The van der Waals surface area contributed by atoms with E-state index >= 15 is 4.39 Å². The second-order valence-corrected chi connectivity index (χ2v) is 13.1. The SMILES string of the molecule is C#Cc1c(F)ccc2cccc(-c3ncc4c(N(C)[C@@H]5CCN(C(=O)C=C)[C@@H]5COC)nc(OC[C@@]56CCCN5C[C@H](F)C6)nc4c3F)c12. The maximum atomic E-state index is 16.9. The highest BCUT2D eigenvalue weighted by Crippen LogP contribution is 2.41. The van der Waals surface area contributed by atoms with Gasteiger partial charge in [0.05, 0.1) is 35.2 Å². The van der Waals surface area contributed by atoms with E-state index in [-0.39, 0.29) is 54.0 Å². The Morgan fingerprint density at radius 3 is 2.86 bits per heavy atom. The van der Waals surface area contributed by atoms with Crippen molar-refractivity contribution in [1.29, 1.82) is 0 Å². The summed E-state index contributed by atoms with van der Waals surface area (Å²) in [5.74, 6) is 1.19. The molecule has 0 unspecified atom stereocenters. The van der Waals surface area contributed by atoms with E-state index < -0.39 is 23.3 Å². The number of rotatable bonds is 9. The van der Waals surface area contributed by atoms with Crippen LogP contribution in [0.3, 0.4) is 0 Å². The molecule has 5 heterocycles. The molecule has 2 aromatic heterocycles. The molecular formula is C37H37F3N6O3. The van der Waals surface area contributed by atoms with Crippen LogP contribution in [0.2, 0.25) is 0 Å². The Hall–Kier alpha value is -4.73. The summed E-state index contributed by atoms with van der Waals surface area (Å²) in [6, 6.07) is 7.35. The number of halogens is 3. The van der Waals surface area contributed by atoms with Gasteiger partial charge < -0.3 is 19.3 Å². The Labute approximate surface area is 282 Å². The molecule has 4 aromatic rings. The molecule has 0 radical (unpaired) electrons. The van der Waals surface area contributed by atoms with Gasteiger partial charge in [0.25, 0.3) is 0 Å². The first kappa shape index (κ1) is 32.8. The van der Waals surface area contributed by atoms with Crippen molar-refractivity contribution in [3.05, 3.63) is 66.4 Å². The number of fused-ring (bicyclic) bond motifs is 3. The van der Waals surface area contributed by atoms with Crippen LogP contribution >= 0.6 is 0 Å². The molecule has 49 heavy (non-hydrogen) atoms. The molecule has 2 aromatic carbocycles. The number of likely N-dealkylation sites (N-methyl/N-ethyl adjacent to an activating group) is 1. The number of ether oxygens (including phenoxy) is 2. The monoisotopic (exact) mass is 670 g/mol. The van der Waals surface area contributed by atoms with Gasteiger partial charge in [-0.25, -0.2) is 13.2 Å². The number of benzene rings is 2. The van der Waals surface area contributed by atoms with Crippen molar-refractivity contribution >= 4 is 33.4 Å². The topological polar surface area (TPSA) is 83.9 Å². The number of alkyl halides is 1. The lowest BCUT2D eigenvalue weighted by Gasteiger charge is -2.34. The Morgan fingerprint density at radius 1 is 1.24 bits per heavy atom. The van der Waals surface area contributed by atoms with Gasteiger partial charge in [0.1, 0.15) is 35.6 Å². The average molecular weight is 671 g/mol. The quantitative estimate of drug-likeness (QED) is 0.175. The maximum absolute atomic E-state index is 16.9. The molecule has 12 heteroatoms. The standard InChI is InChI=1S/C37H37F3N6O3/c1-5-24-27(39)12-11-22-9-7-10-25(31(22)24)33-32(40)34-26(18-41-33)35(44(3)28-13-16-46(30(47)6-2)29(28)20-48-4)43-36(42-34)49-21-37-14-8-15-45(37)19-23(38)17-37/h1,6-7,9-12,18,23,28-29H,2,8,13-17,19-21H2,3-4H3/t23-,28-,29-,37+/m1/s1. The van der Waals surface area contributed by atoms with E-state index in [1.807, 2.05) is 11.9 Å². The Kier molecular flexibility index (Phi) is 8.67. The third-order valence-electron chi connectivity index (χ3n) is 10.4. The van der Waals surface area contributed by atoms with Crippen molar-refractivity contribution in [3.63, 3.8) is 0 Å². The number of hydrogen-bond donors (Lipinski definition) is 0. The summed E-state index contributed by atoms with van der Waals surface area (Å²) in [6.07, 6.45) is 10.2. The smallest absolute Gasteiger partial charge is 0.319 e. The number of likely N-dealkylation sites (tertiary alicyclic amines) is 1. The van der Waals surface area contributed by atoms with E-state index in [4.69, 9.17) is 20.9 Å². The number of carbonyl (C=O) groups excluding carboxylic acids is 1. The van der Waals surface area contributed by atoms with E-state index in [1.54, 1.807) is 36.3 Å². The summed E-state index contributed by atoms with van der Waals surface area (Å²) in [4.78, 5) is 32.3. The van der Waals surface area contributed by atoms with Gasteiger partial charge in [-0.3, -0.25) is 14.7 Å². The van der Waals surface area contributed by atoms with Crippen LogP contribution in [0.4, 0.5) is 19.0 Å². The van der Waals surface area contributed by atoms with E-state index in [0.717, 1.165) is 19.4 Å². The van der Waals surface area contributed by atoms with Crippen LogP contribution in [0.1, 0.15) is 31.2 Å². The van der Waals surface area contributed by atoms with Crippen LogP contribution in [0.15, 0.2) is 49.2 Å². The van der Waals surface area contributed by atoms with Crippen LogP contribution < -0.4 is 9.64 Å². The highest BCUT2D eigenvalue weighted by atomic mass is 19.1. The van der Waals surface area contributed by atoms with Crippen molar-refractivity contribution in [2.75, 3.05) is 51.9 Å². The molecule has 0 bridgehead atoms. The minimum atomic E-state index is -0.950. The average Bonchev–Trinajstić information content (AvgIpc) is 3.79. The van der Waals surface area contributed by atoms with Crippen molar-refractivity contribution in [3.8, 4) is 29.6 Å². The number of hydrogen-bond acceptors (Lipinski definition) is 8. The number of anilines is 1. The predicted molar refractivity (Wildman–Crippen MR) is 181 cm³/mol. The molecule has 1 amide bonds. The van der Waals surface area contributed by atoms with E-state index in [0.29, 0.717) is 53.5 Å². The van der Waals surface area contributed by atoms with E-state index in [1.165, 1.54) is 18.3 Å². The predicted octanol–water partition coefficient (Wildman–Crippen LogP) is 5.30. The van der Waals surface area contributed by atoms with Gasteiger partial charge >= 0.3 is 6.01 Å². The minimum Gasteiger partial charge on any atom is -0.461 e. The number of nitrogens with zero attached hydrogens (tertiary/aromatic N) is 6. The number of aromatic nitrogens is 3. The summed E-state index contributed by atoms with van der Waals surface area (Å²) >= 11 is 0. The normalized spacial score (nSPS) is 23.6. The Morgan fingerprint density at radius 2 is 2.08 bits per heavy atom. The van der Waals surface area contributed by atoms with Crippen molar-refractivity contribution in [2.24, 2.45) is 0 Å². The second-order valence-electron chi connectivity index (χ2n) is 13.1. The summed E-state index contributed by atoms with van der Waals surface area (Å²) in [5.41, 5.74) is -0.270. The zero-order valence-corrected chi connectivity index (χ0v) is 27.5. The lowest BCUT2D eigenvalue weighted by molar-refractivity contribution is -0.127. The molecule has 3 fully saturated rings. The molecule has 4 atom stereocenters. The fourth-order valence-corrected chi connectivity index (χ4v) is 8.09. The highest BCUT2D eigenvalue weighted by Gasteiger charge is 2.49. The summed E-state index contributed by atoms with van der Waals surface area (Å²) < 4.78 is 58.1. The van der Waals surface area contributed by atoms with Gasteiger partial charge in [-0.2, -0.15) is 9.97 Å². The molecule has 254 valence electrons. The third-order valence-corrected chi connectivity index (χ3v) is 10.4. The van der Waals surface area contributed by atoms with Crippen LogP contribution in [-0.2, 0) is 9.53 Å². The first-order valence-electron chi connectivity index (χ1n) is 16.4. The van der Waals surface area contributed by atoms with Crippen LogP contribution in [0.25, 0.3) is 32.9 Å².